The average molecular weight is 431 g/mol. The predicted molar refractivity (Wildman–Crippen MR) is 107 cm³/mol. The highest BCUT2D eigenvalue weighted by Gasteiger charge is 2.12. The molecule has 0 aliphatic carbocycles. The van der Waals surface area contributed by atoms with E-state index in [-0.39, 0.29) is 29.4 Å². The number of anilines is 1. The first-order valence-electron chi connectivity index (χ1n) is 8.29. The van der Waals surface area contributed by atoms with Crippen molar-refractivity contribution in [3.63, 3.8) is 0 Å². The van der Waals surface area contributed by atoms with Gasteiger partial charge in [-0.15, -0.1) is 10.2 Å². The molecule has 148 valence electrons. The van der Waals surface area contributed by atoms with Crippen molar-refractivity contribution in [2.45, 2.75) is 11.8 Å². The summed E-state index contributed by atoms with van der Waals surface area (Å²) in [6.45, 7) is 0.0974. The van der Waals surface area contributed by atoms with Crippen molar-refractivity contribution in [3.05, 3.63) is 58.9 Å². The summed E-state index contributed by atoms with van der Waals surface area (Å²) in [5, 5.41) is 20.2. The standard InChI is InChI=1S/C19H15ClN4O4S/c1-26-14-4-6-15(7-5-14)27-10-18-23-24-19(28-18)29-11-17(25)22-16-8-13(20)3-2-12(16)9-21/h2-8H,10-11H2,1H3,(H,22,25). The largest absolute Gasteiger partial charge is 0.497 e. The lowest BCUT2D eigenvalue weighted by atomic mass is 10.2. The fourth-order valence-electron chi connectivity index (χ4n) is 2.20. The highest BCUT2D eigenvalue weighted by molar-refractivity contribution is 7.99. The number of nitriles is 1. The van der Waals surface area contributed by atoms with Gasteiger partial charge in [0, 0.05) is 5.02 Å². The molecule has 0 bridgehead atoms. The van der Waals surface area contributed by atoms with Crippen LogP contribution < -0.4 is 14.8 Å². The van der Waals surface area contributed by atoms with E-state index >= 15 is 0 Å². The number of nitrogens with one attached hydrogen (secondary N) is 1. The van der Waals surface area contributed by atoms with Gasteiger partial charge in [-0.2, -0.15) is 5.26 Å². The Morgan fingerprint density at radius 2 is 2.00 bits per heavy atom. The Bertz CT molecular complexity index is 1030. The summed E-state index contributed by atoms with van der Waals surface area (Å²) < 4.78 is 16.1. The van der Waals surface area contributed by atoms with Gasteiger partial charge >= 0.3 is 0 Å². The Hall–Kier alpha value is -3.22. The van der Waals surface area contributed by atoms with Gasteiger partial charge in [0.2, 0.25) is 5.91 Å². The normalized spacial score (nSPS) is 10.2. The minimum absolute atomic E-state index is 0.0261. The zero-order valence-electron chi connectivity index (χ0n) is 15.2. The Morgan fingerprint density at radius 3 is 2.72 bits per heavy atom. The number of carbonyl (C=O) groups is 1. The van der Waals surface area contributed by atoms with Crippen molar-refractivity contribution in [3.8, 4) is 17.6 Å². The zero-order chi connectivity index (χ0) is 20.6. The molecule has 1 heterocycles. The Labute approximate surface area is 175 Å². The van der Waals surface area contributed by atoms with Gasteiger partial charge in [0.25, 0.3) is 11.1 Å². The van der Waals surface area contributed by atoms with Crippen LogP contribution in [0, 0.1) is 11.3 Å². The third kappa shape index (κ3) is 5.88. The van der Waals surface area contributed by atoms with Crippen LogP contribution >= 0.6 is 23.4 Å². The van der Waals surface area contributed by atoms with E-state index < -0.39 is 0 Å². The number of ether oxygens (including phenoxy) is 2. The second-order valence-electron chi connectivity index (χ2n) is 5.56. The van der Waals surface area contributed by atoms with Crippen molar-refractivity contribution in [1.29, 1.82) is 5.26 Å². The Morgan fingerprint density at radius 1 is 1.24 bits per heavy atom. The topological polar surface area (TPSA) is 110 Å². The van der Waals surface area contributed by atoms with E-state index in [2.05, 4.69) is 15.5 Å². The fraction of sp³-hybridized carbons (Fsp3) is 0.158. The summed E-state index contributed by atoms with van der Waals surface area (Å²) in [4.78, 5) is 12.1. The van der Waals surface area contributed by atoms with Crippen LogP contribution in [0.2, 0.25) is 5.02 Å². The van der Waals surface area contributed by atoms with Crippen molar-refractivity contribution >= 4 is 35.0 Å². The fourth-order valence-corrected chi connectivity index (χ4v) is 2.96. The molecule has 10 heteroatoms. The second-order valence-corrected chi connectivity index (χ2v) is 6.93. The number of carbonyl (C=O) groups excluding carboxylic acids is 1. The molecule has 3 rings (SSSR count). The van der Waals surface area contributed by atoms with Crippen LogP contribution in [0.15, 0.2) is 52.1 Å². The first-order chi connectivity index (χ1) is 14.1. The molecule has 0 unspecified atom stereocenters. The minimum Gasteiger partial charge on any atom is -0.497 e. The molecular weight excluding hydrogens is 416 g/mol. The summed E-state index contributed by atoms with van der Waals surface area (Å²) in [5.41, 5.74) is 0.674. The number of hydrogen-bond donors (Lipinski definition) is 1. The molecule has 0 saturated heterocycles. The SMILES string of the molecule is COc1ccc(OCc2nnc(SCC(=O)Nc3cc(Cl)ccc3C#N)o2)cc1. The number of amides is 1. The number of methoxy groups -OCH3 is 1. The van der Waals surface area contributed by atoms with E-state index in [4.69, 9.17) is 30.8 Å². The van der Waals surface area contributed by atoms with E-state index in [0.717, 1.165) is 17.5 Å². The molecule has 3 aromatic rings. The van der Waals surface area contributed by atoms with Crippen molar-refractivity contribution < 1.29 is 18.7 Å². The molecule has 0 fully saturated rings. The third-order valence-corrected chi connectivity index (χ3v) is 4.63. The molecule has 0 aliphatic heterocycles. The van der Waals surface area contributed by atoms with Crippen LogP contribution in [0.5, 0.6) is 11.5 Å². The van der Waals surface area contributed by atoms with Gasteiger partial charge in [0.15, 0.2) is 6.61 Å². The molecule has 0 spiro atoms. The lowest BCUT2D eigenvalue weighted by molar-refractivity contribution is -0.113. The smallest absolute Gasteiger partial charge is 0.277 e. The molecule has 1 aromatic heterocycles. The predicted octanol–water partition coefficient (Wildman–Crippen LogP) is 3.91. The molecule has 0 atom stereocenters. The van der Waals surface area contributed by atoms with Gasteiger partial charge in [-0.25, -0.2) is 0 Å². The van der Waals surface area contributed by atoms with Crippen LogP contribution in [-0.2, 0) is 11.4 Å². The van der Waals surface area contributed by atoms with Crippen LogP contribution in [0.3, 0.4) is 0 Å². The van der Waals surface area contributed by atoms with Crippen molar-refractivity contribution in [2.75, 3.05) is 18.2 Å². The average Bonchev–Trinajstić information content (AvgIpc) is 3.19. The highest BCUT2D eigenvalue weighted by atomic mass is 35.5. The van der Waals surface area contributed by atoms with E-state index in [0.29, 0.717) is 22.0 Å². The van der Waals surface area contributed by atoms with Gasteiger partial charge in [0.1, 0.15) is 17.6 Å². The number of halogens is 1. The number of benzene rings is 2. The molecule has 0 saturated carbocycles. The number of nitrogens with zero attached hydrogens (tertiary/aromatic N) is 3. The van der Waals surface area contributed by atoms with E-state index in [9.17, 15) is 4.79 Å². The summed E-state index contributed by atoms with van der Waals surface area (Å²) in [7, 11) is 1.59. The molecular formula is C19H15ClN4O4S. The Balaban J connectivity index is 1.49. The lowest BCUT2D eigenvalue weighted by Gasteiger charge is -2.06. The van der Waals surface area contributed by atoms with Crippen LogP contribution in [0.25, 0.3) is 0 Å². The molecule has 8 nitrogen and oxygen atoms in total. The molecule has 1 amide bonds. The number of rotatable bonds is 8. The lowest BCUT2D eigenvalue weighted by Crippen LogP contribution is -2.15. The molecule has 0 radical (unpaired) electrons. The van der Waals surface area contributed by atoms with Crippen molar-refractivity contribution in [1.82, 2.24) is 10.2 Å². The van der Waals surface area contributed by atoms with Gasteiger partial charge in [-0.05, 0) is 42.5 Å². The highest BCUT2D eigenvalue weighted by Crippen LogP contribution is 2.22. The second kappa shape index (κ2) is 9.82. The first kappa shape index (κ1) is 20.5. The summed E-state index contributed by atoms with van der Waals surface area (Å²) in [6.07, 6.45) is 0. The summed E-state index contributed by atoms with van der Waals surface area (Å²) >= 11 is 6.98. The number of hydrogen-bond acceptors (Lipinski definition) is 8. The van der Waals surface area contributed by atoms with E-state index in [1.807, 2.05) is 6.07 Å². The summed E-state index contributed by atoms with van der Waals surface area (Å²) in [6, 6.07) is 13.7. The van der Waals surface area contributed by atoms with Gasteiger partial charge < -0.3 is 19.2 Å². The molecule has 1 N–H and O–H groups in total. The van der Waals surface area contributed by atoms with E-state index in [1.165, 1.54) is 12.1 Å². The zero-order valence-corrected chi connectivity index (χ0v) is 16.8. The monoisotopic (exact) mass is 430 g/mol. The third-order valence-electron chi connectivity index (χ3n) is 3.57. The minimum atomic E-state index is -0.331. The first-order valence-corrected chi connectivity index (χ1v) is 9.65. The van der Waals surface area contributed by atoms with Gasteiger partial charge in [-0.1, -0.05) is 23.4 Å². The maximum Gasteiger partial charge on any atom is 0.277 e. The van der Waals surface area contributed by atoms with E-state index in [1.54, 1.807) is 37.4 Å². The quantitative estimate of drug-likeness (QED) is 0.535. The number of thioether (sulfide) groups is 1. The maximum atomic E-state index is 12.1. The summed E-state index contributed by atoms with van der Waals surface area (Å²) in [5.74, 6) is 1.34. The van der Waals surface area contributed by atoms with Crippen LogP contribution in [-0.4, -0.2) is 29.0 Å². The van der Waals surface area contributed by atoms with Crippen molar-refractivity contribution in [2.24, 2.45) is 0 Å². The van der Waals surface area contributed by atoms with Crippen LogP contribution in [0.1, 0.15) is 11.5 Å². The van der Waals surface area contributed by atoms with Gasteiger partial charge in [0.05, 0.1) is 24.1 Å². The molecule has 29 heavy (non-hydrogen) atoms. The van der Waals surface area contributed by atoms with Gasteiger partial charge in [-0.3, -0.25) is 4.79 Å². The molecule has 0 aliphatic rings. The maximum absolute atomic E-state index is 12.1. The Kier molecular flexibility index (Phi) is 6.94. The number of aromatic nitrogens is 2. The molecule has 2 aromatic carbocycles. The van der Waals surface area contributed by atoms with Crippen LogP contribution in [0.4, 0.5) is 5.69 Å².